The minimum Gasteiger partial charge on any atom is -0.0972 e. The second-order valence-corrected chi connectivity index (χ2v) is 2.37. The molecule has 1 aliphatic carbocycles. The molecule has 0 aliphatic heterocycles. The van der Waals surface area contributed by atoms with Crippen LogP contribution in [-0.4, -0.2) is 6.21 Å². The van der Waals surface area contributed by atoms with Crippen LogP contribution in [0.15, 0.2) is 12.1 Å². The van der Waals surface area contributed by atoms with Crippen molar-refractivity contribution in [1.29, 1.82) is 0 Å². The fourth-order valence-electron chi connectivity index (χ4n) is 0.560. The smallest absolute Gasteiger partial charge is 0.0972 e. The van der Waals surface area contributed by atoms with Gasteiger partial charge in [0.2, 0.25) is 0 Å². The van der Waals surface area contributed by atoms with E-state index in [1.54, 1.807) is 0 Å². The van der Waals surface area contributed by atoms with Gasteiger partial charge >= 0.3 is 5.36 Å². The highest BCUT2D eigenvalue weighted by molar-refractivity contribution is 5.61. The van der Waals surface area contributed by atoms with Crippen LogP contribution in [0.2, 0.25) is 0 Å². The van der Waals surface area contributed by atoms with Crippen molar-refractivity contribution >= 4 is 6.21 Å². The topological polar surface area (TPSA) is 14.1 Å². The summed E-state index contributed by atoms with van der Waals surface area (Å²) < 4.78 is 4.18. The predicted molar refractivity (Wildman–Crippen MR) is 32.9 cm³/mol. The minimum atomic E-state index is 0.824. The van der Waals surface area contributed by atoms with Gasteiger partial charge in [0.1, 0.15) is 0 Å². The number of hydrogen-bond donors (Lipinski definition) is 0. The summed E-state index contributed by atoms with van der Waals surface area (Å²) in [5.41, 5.74) is 0. The Hall–Kier alpha value is -0.810. The average Bonchev–Trinajstić information content (AvgIpc) is 2.60. The van der Waals surface area contributed by atoms with Crippen molar-refractivity contribution in [3.8, 4) is 0 Å². The van der Waals surface area contributed by atoms with Gasteiger partial charge in [0, 0.05) is 12.1 Å². The van der Waals surface area contributed by atoms with E-state index in [1.165, 1.54) is 12.8 Å². The zero-order valence-corrected chi connectivity index (χ0v) is 4.67. The van der Waals surface area contributed by atoms with E-state index in [0.717, 1.165) is 11.3 Å². The van der Waals surface area contributed by atoms with Gasteiger partial charge in [0.25, 0.3) is 6.21 Å². The normalized spacial score (nSPS) is 18.5. The fourth-order valence-corrected chi connectivity index (χ4v) is 0.560. The Morgan fingerprint density at radius 1 is 1.50 bits per heavy atom. The van der Waals surface area contributed by atoms with Crippen LogP contribution in [-0.2, 0) is 0 Å². The Bertz CT molecular complexity index is 218. The van der Waals surface area contributed by atoms with Crippen LogP contribution in [0, 0.1) is 5.92 Å². The number of hydrogen-bond acceptors (Lipinski definition) is 0. The molecule has 0 atom stereocenters. The van der Waals surface area contributed by atoms with Crippen LogP contribution in [0.1, 0.15) is 12.8 Å². The van der Waals surface area contributed by atoms with E-state index in [1.807, 2.05) is 12.1 Å². The Kier molecular flexibility index (Phi) is 0.684. The van der Waals surface area contributed by atoms with E-state index in [-0.39, 0.29) is 0 Å². The van der Waals surface area contributed by atoms with Crippen molar-refractivity contribution in [3.63, 3.8) is 0 Å². The van der Waals surface area contributed by atoms with Crippen LogP contribution in [0.5, 0.6) is 0 Å². The molecule has 1 fully saturated rings. The SMILES string of the molecule is C(=[N+]=c1cc1)C1CC1. The van der Waals surface area contributed by atoms with Gasteiger partial charge in [-0.3, -0.25) is 0 Å². The third kappa shape index (κ3) is 0.877. The molecule has 0 heterocycles. The van der Waals surface area contributed by atoms with Gasteiger partial charge in [-0.15, -0.1) is 0 Å². The molecular weight excluding hydrogens is 98.1 g/mol. The lowest BCUT2D eigenvalue weighted by molar-refractivity contribution is 1.22. The zero-order chi connectivity index (χ0) is 5.40. The van der Waals surface area contributed by atoms with Crippen LogP contribution in [0.3, 0.4) is 0 Å². The lowest BCUT2D eigenvalue weighted by atomic mass is 10.5. The number of nitrogens with zero attached hydrogens (tertiary/aromatic N) is 1. The molecule has 0 saturated heterocycles. The molecule has 0 aromatic heterocycles. The molecule has 1 aromatic carbocycles. The first-order valence-corrected chi connectivity index (χ1v) is 3.04. The molecule has 8 heavy (non-hydrogen) atoms. The van der Waals surface area contributed by atoms with E-state index in [2.05, 4.69) is 10.9 Å². The third-order valence-corrected chi connectivity index (χ3v) is 1.37. The lowest BCUT2D eigenvalue weighted by Crippen LogP contribution is -1.90. The summed E-state index contributed by atoms with van der Waals surface area (Å²) in [5.74, 6) is 0.824. The van der Waals surface area contributed by atoms with Crippen LogP contribution in [0.25, 0.3) is 0 Å². The van der Waals surface area contributed by atoms with Gasteiger partial charge < -0.3 is 0 Å². The first-order valence-electron chi connectivity index (χ1n) is 3.04. The quantitative estimate of drug-likeness (QED) is 0.354. The van der Waals surface area contributed by atoms with E-state index < -0.39 is 0 Å². The largest absolute Gasteiger partial charge is 0.327 e. The van der Waals surface area contributed by atoms with Crippen molar-refractivity contribution in [3.05, 3.63) is 17.5 Å². The minimum absolute atomic E-state index is 0.824. The van der Waals surface area contributed by atoms with Gasteiger partial charge in [-0.1, -0.05) is 4.67 Å². The van der Waals surface area contributed by atoms with Crippen LogP contribution >= 0.6 is 0 Å². The summed E-state index contributed by atoms with van der Waals surface area (Å²) in [6.45, 7) is 0. The van der Waals surface area contributed by atoms with E-state index in [9.17, 15) is 0 Å². The molecule has 1 saturated carbocycles. The Labute approximate surface area is 48.1 Å². The van der Waals surface area contributed by atoms with E-state index in [4.69, 9.17) is 0 Å². The molecule has 1 nitrogen and oxygen atoms in total. The fraction of sp³-hybridized carbons (Fsp3) is 0.429. The maximum atomic E-state index is 4.18. The molecule has 1 aromatic rings. The van der Waals surface area contributed by atoms with Gasteiger partial charge in [-0.2, -0.15) is 0 Å². The Balaban J connectivity index is 2.17. The Morgan fingerprint density at radius 3 is 2.75 bits per heavy atom. The molecule has 0 unspecified atom stereocenters. The molecule has 0 bridgehead atoms. The molecule has 0 radical (unpaired) electrons. The maximum absolute atomic E-state index is 4.18. The molecular formula is C7H8N+. The molecule has 0 spiro atoms. The van der Waals surface area contributed by atoms with Crippen molar-refractivity contribution in [2.24, 2.45) is 5.92 Å². The highest BCUT2D eigenvalue weighted by Gasteiger charge is 2.23. The summed E-state index contributed by atoms with van der Waals surface area (Å²) >= 11 is 0. The van der Waals surface area contributed by atoms with E-state index >= 15 is 0 Å². The van der Waals surface area contributed by atoms with Gasteiger partial charge in [-0.25, -0.2) is 0 Å². The summed E-state index contributed by atoms with van der Waals surface area (Å²) in [7, 11) is 0. The third-order valence-electron chi connectivity index (χ3n) is 1.37. The highest BCUT2D eigenvalue weighted by atomic mass is 14.6. The van der Waals surface area contributed by atoms with Crippen molar-refractivity contribution in [2.75, 3.05) is 0 Å². The molecule has 0 amide bonds. The molecule has 2 rings (SSSR count). The van der Waals surface area contributed by atoms with Gasteiger partial charge in [-0.05, 0) is 12.8 Å². The summed E-state index contributed by atoms with van der Waals surface area (Å²) in [4.78, 5) is 0. The van der Waals surface area contributed by atoms with E-state index in [0.29, 0.717) is 0 Å². The monoisotopic (exact) mass is 106 g/mol. The van der Waals surface area contributed by atoms with Gasteiger partial charge in [0.15, 0.2) is 0 Å². The van der Waals surface area contributed by atoms with Gasteiger partial charge in [0.05, 0.1) is 5.92 Å². The summed E-state index contributed by atoms with van der Waals surface area (Å²) in [6.07, 6.45) is 4.78. The zero-order valence-electron chi connectivity index (χ0n) is 4.67. The average molecular weight is 106 g/mol. The summed E-state index contributed by atoms with van der Waals surface area (Å²) in [5, 5.41) is 1.16. The van der Waals surface area contributed by atoms with Crippen molar-refractivity contribution in [1.82, 2.24) is 4.67 Å². The van der Waals surface area contributed by atoms with Crippen LogP contribution < -0.4 is 10.0 Å². The highest BCUT2D eigenvalue weighted by Crippen LogP contribution is 2.25. The standard InChI is InChI=1S/C7H8N/c1-2-6(1)5-8-7-3-4-7/h3-6H,1-2H2/q+1. The maximum Gasteiger partial charge on any atom is 0.327 e. The summed E-state index contributed by atoms with van der Waals surface area (Å²) in [6, 6.07) is 4.05. The lowest BCUT2D eigenvalue weighted by Gasteiger charge is -1.52. The Morgan fingerprint density at radius 2 is 2.25 bits per heavy atom. The first-order chi connectivity index (χ1) is 3.95. The molecule has 1 aliphatic rings. The van der Waals surface area contributed by atoms with Crippen molar-refractivity contribution in [2.45, 2.75) is 12.8 Å². The molecule has 40 valence electrons. The first kappa shape index (κ1) is 4.11. The molecule has 0 N–H and O–H groups in total. The second kappa shape index (κ2) is 1.33. The number of rotatable bonds is 1. The van der Waals surface area contributed by atoms with Crippen LogP contribution in [0.4, 0.5) is 0 Å². The molecule has 1 heteroatoms. The van der Waals surface area contributed by atoms with Crippen molar-refractivity contribution < 1.29 is 0 Å². The predicted octanol–water partition coefficient (Wildman–Crippen LogP) is 0.0109. The second-order valence-electron chi connectivity index (χ2n) is 2.37.